The van der Waals surface area contributed by atoms with Gasteiger partial charge in [-0.15, -0.1) is 11.3 Å². The Morgan fingerprint density at radius 2 is 1.95 bits per heavy atom. The minimum atomic E-state index is -0.574. The van der Waals surface area contributed by atoms with E-state index in [-0.39, 0.29) is 29.4 Å². The number of halogens is 1. The molecule has 6 nitrogen and oxygen atoms in total. The number of alkyl halides is 1. The number of rotatable bonds is 6. The molecular formula is C13H16BrNO5S. The van der Waals surface area contributed by atoms with Gasteiger partial charge >= 0.3 is 11.9 Å². The van der Waals surface area contributed by atoms with Crippen LogP contribution in [-0.2, 0) is 14.3 Å². The molecule has 116 valence electrons. The number of amides is 1. The molecule has 0 saturated heterocycles. The Morgan fingerprint density at radius 3 is 2.48 bits per heavy atom. The van der Waals surface area contributed by atoms with Crippen LogP contribution in [0.1, 0.15) is 38.9 Å². The van der Waals surface area contributed by atoms with Crippen molar-refractivity contribution in [3.05, 3.63) is 16.0 Å². The van der Waals surface area contributed by atoms with Gasteiger partial charge in [0.2, 0.25) is 5.91 Å². The summed E-state index contributed by atoms with van der Waals surface area (Å²) < 4.78 is 9.65. The van der Waals surface area contributed by atoms with Gasteiger partial charge in [0, 0.05) is 11.8 Å². The third-order valence-electron chi connectivity index (χ3n) is 2.57. The number of esters is 2. The summed E-state index contributed by atoms with van der Waals surface area (Å²) in [5, 5.41) is 3.44. The largest absolute Gasteiger partial charge is 0.465 e. The van der Waals surface area contributed by atoms with Gasteiger partial charge in [0.25, 0.3) is 0 Å². The Bertz CT molecular complexity index is 555. The van der Waals surface area contributed by atoms with Crippen LogP contribution in [0.2, 0.25) is 0 Å². The van der Waals surface area contributed by atoms with Gasteiger partial charge in [0.1, 0.15) is 9.88 Å². The first kappa shape index (κ1) is 17.6. The summed E-state index contributed by atoms with van der Waals surface area (Å²) in [5.74, 6) is -1.38. The summed E-state index contributed by atoms with van der Waals surface area (Å²) in [4.78, 5) is 35.7. The number of carbonyl (C=O) groups excluding carboxylic acids is 3. The van der Waals surface area contributed by atoms with Crippen molar-refractivity contribution in [2.45, 2.75) is 20.3 Å². The maximum Gasteiger partial charge on any atom is 0.348 e. The number of hydrogen-bond donors (Lipinski definition) is 1. The van der Waals surface area contributed by atoms with Crippen LogP contribution < -0.4 is 5.32 Å². The van der Waals surface area contributed by atoms with Crippen LogP contribution in [0.15, 0.2) is 0 Å². The SMILES string of the molecule is CCOC(=O)c1c(NC(=O)CCBr)sc(C(=O)OC)c1C. The molecule has 0 bridgehead atoms. The molecule has 0 aliphatic carbocycles. The second-order valence-electron chi connectivity index (χ2n) is 3.96. The van der Waals surface area contributed by atoms with Crippen LogP contribution in [0.4, 0.5) is 5.00 Å². The van der Waals surface area contributed by atoms with E-state index >= 15 is 0 Å². The highest BCUT2D eigenvalue weighted by molar-refractivity contribution is 9.09. The molecule has 0 aliphatic rings. The number of nitrogens with one attached hydrogen (secondary N) is 1. The highest BCUT2D eigenvalue weighted by Gasteiger charge is 2.26. The predicted molar refractivity (Wildman–Crippen MR) is 83.4 cm³/mol. The molecule has 0 aliphatic heterocycles. The molecule has 1 amide bonds. The van der Waals surface area contributed by atoms with Crippen LogP contribution in [-0.4, -0.2) is 36.9 Å². The quantitative estimate of drug-likeness (QED) is 0.608. The average Bonchev–Trinajstić information content (AvgIpc) is 2.75. The van der Waals surface area contributed by atoms with Gasteiger partial charge in [0.05, 0.1) is 19.3 Å². The predicted octanol–water partition coefficient (Wildman–Crippen LogP) is 2.74. The summed E-state index contributed by atoms with van der Waals surface area (Å²) in [7, 11) is 1.26. The highest BCUT2D eigenvalue weighted by atomic mass is 79.9. The van der Waals surface area contributed by atoms with Gasteiger partial charge in [-0.25, -0.2) is 9.59 Å². The van der Waals surface area contributed by atoms with Crippen molar-refractivity contribution < 1.29 is 23.9 Å². The Balaban J connectivity index is 3.22. The Morgan fingerprint density at radius 1 is 1.29 bits per heavy atom. The second kappa shape index (κ2) is 8.14. The monoisotopic (exact) mass is 377 g/mol. The molecule has 0 atom stereocenters. The lowest BCUT2D eigenvalue weighted by Gasteiger charge is -2.06. The Labute approximate surface area is 134 Å². The maximum atomic E-state index is 12.0. The smallest absolute Gasteiger partial charge is 0.348 e. The van der Waals surface area contributed by atoms with Gasteiger partial charge < -0.3 is 14.8 Å². The Kier molecular flexibility index (Phi) is 6.83. The number of methoxy groups -OCH3 is 1. The normalized spacial score (nSPS) is 10.1. The van der Waals surface area contributed by atoms with Gasteiger partial charge in [-0.1, -0.05) is 15.9 Å². The van der Waals surface area contributed by atoms with Gasteiger partial charge in [0.15, 0.2) is 0 Å². The summed E-state index contributed by atoms with van der Waals surface area (Å²) in [6.45, 7) is 3.51. The first-order valence-corrected chi connectivity index (χ1v) is 8.14. The molecule has 1 rings (SSSR count). The minimum absolute atomic E-state index is 0.199. The number of carbonyl (C=O) groups is 3. The lowest BCUT2D eigenvalue weighted by atomic mass is 10.1. The zero-order valence-electron chi connectivity index (χ0n) is 11.9. The van der Waals surface area contributed by atoms with E-state index in [1.54, 1.807) is 13.8 Å². The van der Waals surface area contributed by atoms with Crippen LogP contribution >= 0.6 is 27.3 Å². The van der Waals surface area contributed by atoms with Crippen molar-refractivity contribution in [3.63, 3.8) is 0 Å². The minimum Gasteiger partial charge on any atom is -0.465 e. The third-order valence-corrected chi connectivity index (χ3v) is 4.16. The zero-order chi connectivity index (χ0) is 16.0. The van der Waals surface area contributed by atoms with E-state index in [0.717, 1.165) is 11.3 Å². The van der Waals surface area contributed by atoms with E-state index in [0.29, 0.717) is 15.9 Å². The molecule has 0 spiro atoms. The first-order chi connectivity index (χ1) is 9.96. The molecule has 8 heteroatoms. The van der Waals surface area contributed by atoms with E-state index < -0.39 is 11.9 Å². The van der Waals surface area contributed by atoms with E-state index in [4.69, 9.17) is 4.74 Å². The summed E-state index contributed by atoms with van der Waals surface area (Å²) in [6.07, 6.45) is 0.257. The number of thiophene rings is 1. The molecule has 1 aromatic heterocycles. The molecule has 1 heterocycles. The lowest BCUT2D eigenvalue weighted by molar-refractivity contribution is -0.115. The molecule has 1 N–H and O–H groups in total. The topological polar surface area (TPSA) is 81.7 Å². The zero-order valence-corrected chi connectivity index (χ0v) is 14.4. The second-order valence-corrected chi connectivity index (χ2v) is 5.77. The van der Waals surface area contributed by atoms with E-state index in [1.807, 2.05) is 0 Å². The van der Waals surface area contributed by atoms with Gasteiger partial charge in [-0.05, 0) is 19.4 Å². The van der Waals surface area contributed by atoms with Crippen molar-refractivity contribution in [2.24, 2.45) is 0 Å². The van der Waals surface area contributed by atoms with E-state index in [2.05, 4.69) is 26.0 Å². The molecule has 1 aromatic rings. The summed E-state index contributed by atoms with van der Waals surface area (Å²) >= 11 is 4.17. The summed E-state index contributed by atoms with van der Waals surface area (Å²) in [5.41, 5.74) is 0.643. The van der Waals surface area contributed by atoms with Crippen molar-refractivity contribution >= 4 is 50.1 Å². The van der Waals surface area contributed by atoms with Crippen LogP contribution in [0.5, 0.6) is 0 Å². The van der Waals surface area contributed by atoms with Gasteiger partial charge in [-0.3, -0.25) is 4.79 Å². The van der Waals surface area contributed by atoms with E-state index in [1.165, 1.54) is 7.11 Å². The number of ether oxygens (including phenoxy) is 2. The third kappa shape index (κ3) is 4.28. The van der Waals surface area contributed by atoms with Crippen LogP contribution in [0, 0.1) is 6.92 Å². The van der Waals surface area contributed by atoms with Gasteiger partial charge in [-0.2, -0.15) is 0 Å². The maximum absolute atomic E-state index is 12.0. The average molecular weight is 378 g/mol. The summed E-state index contributed by atoms with van der Waals surface area (Å²) in [6, 6.07) is 0. The highest BCUT2D eigenvalue weighted by Crippen LogP contribution is 2.34. The first-order valence-electron chi connectivity index (χ1n) is 6.20. The van der Waals surface area contributed by atoms with Crippen molar-refractivity contribution in [1.82, 2.24) is 0 Å². The molecule has 0 radical (unpaired) electrons. The number of hydrogen-bond acceptors (Lipinski definition) is 6. The van der Waals surface area contributed by atoms with E-state index in [9.17, 15) is 14.4 Å². The number of anilines is 1. The lowest BCUT2D eigenvalue weighted by Crippen LogP contribution is -2.14. The van der Waals surface area contributed by atoms with Crippen LogP contribution in [0.3, 0.4) is 0 Å². The standard InChI is InChI=1S/C13H16BrNO5S/c1-4-20-12(17)9-7(2)10(13(18)19-3)21-11(9)15-8(16)5-6-14/h4-6H2,1-3H3,(H,15,16). The molecule has 0 unspecified atom stereocenters. The molecule has 0 saturated carbocycles. The fourth-order valence-corrected chi connectivity index (χ4v) is 3.10. The fraction of sp³-hybridized carbons (Fsp3) is 0.462. The fourth-order valence-electron chi connectivity index (χ4n) is 1.61. The van der Waals surface area contributed by atoms with Crippen LogP contribution in [0.25, 0.3) is 0 Å². The van der Waals surface area contributed by atoms with Crippen molar-refractivity contribution in [3.8, 4) is 0 Å². The molecular weight excluding hydrogens is 362 g/mol. The van der Waals surface area contributed by atoms with Crippen molar-refractivity contribution in [1.29, 1.82) is 0 Å². The molecule has 0 aromatic carbocycles. The molecule has 0 fully saturated rings. The van der Waals surface area contributed by atoms with Crippen molar-refractivity contribution in [2.75, 3.05) is 24.4 Å². The Hall–Kier alpha value is -1.41. The molecule has 21 heavy (non-hydrogen) atoms.